The van der Waals surface area contributed by atoms with E-state index < -0.39 is 5.69 Å². The molecule has 132 valence electrons. The number of hydrogen-bond acceptors (Lipinski definition) is 7. The summed E-state index contributed by atoms with van der Waals surface area (Å²) in [5.41, 5.74) is 0.159. The van der Waals surface area contributed by atoms with Gasteiger partial charge in [0.05, 0.1) is 0 Å². The molecule has 1 amide bonds. The average Bonchev–Trinajstić information content (AvgIpc) is 3.33. The van der Waals surface area contributed by atoms with E-state index in [0.717, 1.165) is 12.8 Å². The van der Waals surface area contributed by atoms with Crippen molar-refractivity contribution in [2.75, 3.05) is 6.54 Å². The fourth-order valence-electron chi connectivity index (χ4n) is 3.04. The molecule has 9 heteroatoms. The summed E-state index contributed by atoms with van der Waals surface area (Å²) < 4.78 is 6.66. The first-order valence-corrected chi connectivity index (χ1v) is 8.28. The first kappa shape index (κ1) is 16.1. The normalized spacial score (nSPS) is 16.8. The number of carbonyl (C=O) groups excluding carboxylic acids is 1. The molecular weight excluding hydrogens is 336 g/mol. The van der Waals surface area contributed by atoms with Crippen LogP contribution in [0.3, 0.4) is 0 Å². The number of likely N-dealkylation sites (tertiary alicyclic amines) is 1. The quantitative estimate of drug-likeness (QED) is 0.691. The van der Waals surface area contributed by atoms with Crippen molar-refractivity contribution in [3.8, 4) is 11.5 Å². The molecule has 0 bridgehead atoms. The van der Waals surface area contributed by atoms with E-state index in [-0.39, 0.29) is 18.5 Å². The number of amides is 1. The molecule has 1 atom stereocenters. The zero-order chi connectivity index (χ0) is 17.9. The van der Waals surface area contributed by atoms with Crippen molar-refractivity contribution < 1.29 is 9.32 Å². The third kappa shape index (κ3) is 3.10. The van der Waals surface area contributed by atoms with Crippen LogP contribution in [0.4, 0.5) is 0 Å². The highest BCUT2D eigenvalue weighted by molar-refractivity contribution is 5.76. The summed E-state index contributed by atoms with van der Waals surface area (Å²) in [6.07, 6.45) is 6.17. The van der Waals surface area contributed by atoms with Crippen molar-refractivity contribution in [1.82, 2.24) is 29.6 Å². The molecule has 26 heavy (non-hydrogen) atoms. The van der Waals surface area contributed by atoms with Crippen LogP contribution in [-0.2, 0) is 11.3 Å². The zero-order valence-electron chi connectivity index (χ0n) is 13.9. The predicted octanol–water partition coefficient (Wildman–Crippen LogP) is 1.05. The van der Waals surface area contributed by atoms with Gasteiger partial charge in [0.2, 0.25) is 17.6 Å². The molecule has 0 aromatic carbocycles. The van der Waals surface area contributed by atoms with Crippen LogP contribution in [0.25, 0.3) is 11.5 Å². The second-order valence-electron chi connectivity index (χ2n) is 5.95. The number of rotatable bonds is 4. The Morgan fingerprint density at radius 3 is 2.92 bits per heavy atom. The van der Waals surface area contributed by atoms with E-state index in [1.807, 2.05) is 12.1 Å². The van der Waals surface area contributed by atoms with Crippen LogP contribution < -0.4 is 5.69 Å². The Morgan fingerprint density at radius 1 is 1.23 bits per heavy atom. The van der Waals surface area contributed by atoms with E-state index in [1.165, 1.54) is 10.8 Å². The second kappa shape index (κ2) is 6.87. The molecule has 3 aromatic heterocycles. The summed E-state index contributed by atoms with van der Waals surface area (Å²) in [4.78, 5) is 38.3. The van der Waals surface area contributed by atoms with E-state index in [0.29, 0.717) is 24.0 Å². The minimum absolute atomic E-state index is 0.0651. The standard InChI is InChI=1S/C17H16N6O3/c24-14(11-22-9-4-8-19-17(22)25)23-10-3-6-13(23)16-20-15(21-26-16)12-5-1-2-7-18-12/h1-2,4-5,7-9,13H,3,6,10-11H2/t13-/m1/s1. The molecule has 4 rings (SSSR count). The lowest BCUT2D eigenvalue weighted by Crippen LogP contribution is -2.36. The highest BCUT2D eigenvalue weighted by Gasteiger charge is 2.34. The van der Waals surface area contributed by atoms with Crippen LogP contribution in [0, 0.1) is 0 Å². The molecule has 3 aromatic rings. The van der Waals surface area contributed by atoms with Gasteiger partial charge in [0.1, 0.15) is 18.3 Å². The Kier molecular flexibility index (Phi) is 4.26. The molecule has 1 saturated heterocycles. The lowest BCUT2D eigenvalue weighted by atomic mass is 10.2. The first-order valence-electron chi connectivity index (χ1n) is 8.28. The Hall–Kier alpha value is -3.36. The molecule has 4 heterocycles. The van der Waals surface area contributed by atoms with Crippen molar-refractivity contribution in [3.05, 3.63) is 59.2 Å². The maximum atomic E-state index is 12.7. The SMILES string of the molecule is O=C(Cn1cccnc1=O)N1CCC[C@@H]1c1nc(-c2ccccn2)no1. The minimum Gasteiger partial charge on any atom is -0.337 e. The summed E-state index contributed by atoms with van der Waals surface area (Å²) in [5.74, 6) is 0.596. The van der Waals surface area contributed by atoms with Crippen LogP contribution in [-0.4, -0.2) is 42.0 Å². The highest BCUT2D eigenvalue weighted by atomic mass is 16.5. The monoisotopic (exact) mass is 352 g/mol. The molecule has 9 nitrogen and oxygen atoms in total. The Balaban J connectivity index is 1.54. The van der Waals surface area contributed by atoms with Gasteiger partial charge in [0.15, 0.2) is 0 Å². The number of nitrogens with zero attached hydrogens (tertiary/aromatic N) is 6. The summed E-state index contributed by atoms with van der Waals surface area (Å²) >= 11 is 0. The van der Waals surface area contributed by atoms with Crippen molar-refractivity contribution in [2.45, 2.75) is 25.4 Å². The Bertz CT molecular complexity index is 968. The highest BCUT2D eigenvalue weighted by Crippen LogP contribution is 2.31. The topological polar surface area (TPSA) is 107 Å². The van der Waals surface area contributed by atoms with Gasteiger partial charge in [-0.2, -0.15) is 4.98 Å². The molecule has 1 fully saturated rings. The van der Waals surface area contributed by atoms with Crippen molar-refractivity contribution in [3.63, 3.8) is 0 Å². The molecule has 0 radical (unpaired) electrons. The van der Waals surface area contributed by atoms with E-state index in [1.54, 1.807) is 29.4 Å². The average molecular weight is 352 g/mol. The van der Waals surface area contributed by atoms with Gasteiger partial charge in [-0.25, -0.2) is 9.78 Å². The number of aromatic nitrogens is 5. The third-order valence-electron chi connectivity index (χ3n) is 4.28. The van der Waals surface area contributed by atoms with E-state index in [2.05, 4.69) is 20.1 Å². The van der Waals surface area contributed by atoms with Gasteiger partial charge in [0, 0.05) is 25.1 Å². The van der Waals surface area contributed by atoms with Crippen LogP contribution in [0.1, 0.15) is 24.8 Å². The summed E-state index contributed by atoms with van der Waals surface area (Å²) in [6, 6.07) is 6.77. The van der Waals surface area contributed by atoms with Gasteiger partial charge >= 0.3 is 5.69 Å². The first-order chi connectivity index (χ1) is 12.7. The molecular formula is C17H16N6O3. The fraction of sp³-hybridized carbons (Fsp3) is 0.294. The lowest BCUT2D eigenvalue weighted by Gasteiger charge is -2.22. The molecule has 0 spiro atoms. The molecule has 0 unspecified atom stereocenters. The van der Waals surface area contributed by atoms with Crippen LogP contribution in [0.5, 0.6) is 0 Å². The molecule has 1 aliphatic rings. The van der Waals surface area contributed by atoms with E-state index in [9.17, 15) is 9.59 Å². The van der Waals surface area contributed by atoms with Crippen LogP contribution in [0.2, 0.25) is 0 Å². The largest absolute Gasteiger partial charge is 0.347 e. The lowest BCUT2D eigenvalue weighted by molar-refractivity contribution is -0.133. The summed E-state index contributed by atoms with van der Waals surface area (Å²) in [6.45, 7) is 0.518. The van der Waals surface area contributed by atoms with Gasteiger partial charge < -0.3 is 9.42 Å². The Morgan fingerprint density at radius 2 is 2.12 bits per heavy atom. The van der Waals surface area contributed by atoms with E-state index in [4.69, 9.17) is 4.52 Å². The van der Waals surface area contributed by atoms with Crippen LogP contribution in [0.15, 0.2) is 52.2 Å². The number of pyridine rings is 1. The third-order valence-corrected chi connectivity index (χ3v) is 4.28. The molecule has 0 saturated carbocycles. The van der Waals surface area contributed by atoms with E-state index >= 15 is 0 Å². The minimum atomic E-state index is -0.452. The summed E-state index contributed by atoms with van der Waals surface area (Å²) in [7, 11) is 0. The van der Waals surface area contributed by atoms with Gasteiger partial charge in [-0.05, 0) is 31.0 Å². The van der Waals surface area contributed by atoms with Gasteiger partial charge in [-0.1, -0.05) is 11.2 Å². The van der Waals surface area contributed by atoms with Crippen molar-refractivity contribution in [1.29, 1.82) is 0 Å². The Labute approximate surface area is 148 Å². The number of carbonyl (C=O) groups is 1. The smallest absolute Gasteiger partial charge is 0.337 e. The molecule has 0 aliphatic carbocycles. The van der Waals surface area contributed by atoms with Gasteiger partial charge in [-0.3, -0.25) is 14.3 Å². The summed E-state index contributed by atoms with van der Waals surface area (Å²) in [5, 5.41) is 3.97. The van der Waals surface area contributed by atoms with Gasteiger partial charge in [-0.15, -0.1) is 0 Å². The van der Waals surface area contributed by atoms with Crippen LogP contribution >= 0.6 is 0 Å². The zero-order valence-corrected chi connectivity index (χ0v) is 13.9. The van der Waals surface area contributed by atoms with Crippen molar-refractivity contribution >= 4 is 5.91 Å². The maximum Gasteiger partial charge on any atom is 0.347 e. The predicted molar refractivity (Wildman–Crippen MR) is 89.7 cm³/mol. The molecule has 1 aliphatic heterocycles. The second-order valence-corrected chi connectivity index (χ2v) is 5.95. The molecule has 0 N–H and O–H groups in total. The number of hydrogen-bond donors (Lipinski definition) is 0. The fourth-order valence-corrected chi connectivity index (χ4v) is 3.04. The van der Waals surface area contributed by atoms with Crippen molar-refractivity contribution in [2.24, 2.45) is 0 Å². The maximum absolute atomic E-state index is 12.7. The van der Waals surface area contributed by atoms with Gasteiger partial charge in [0.25, 0.3) is 0 Å².